The lowest BCUT2D eigenvalue weighted by atomic mass is 9.99. The number of ether oxygens (including phenoxy) is 2. The van der Waals surface area contributed by atoms with Crippen LogP contribution in [0.3, 0.4) is 0 Å². The third kappa shape index (κ3) is 4.99. The number of rotatable bonds is 5. The second kappa shape index (κ2) is 6.34. The third-order valence-corrected chi connectivity index (χ3v) is 3.57. The fourth-order valence-corrected chi connectivity index (χ4v) is 3.16. The van der Waals surface area contributed by atoms with Crippen molar-refractivity contribution in [1.82, 2.24) is 4.90 Å². The van der Waals surface area contributed by atoms with Crippen molar-refractivity contribution in [3.05, 3.63) is 29.8 Å². The van der Waals surface area contributed by atoms with E-state index in [9.17, 15) is 0 Å². The predicted molar refractivity (Wildman–Crippen MR) is 85.5 cm³/mol. The Kier molecular flexibility index (Phi) is 4.91. The Morgan fingerprint density at radius 2 is 1.86 bits per heavy atom. The van der Waals surface area contributed by atoms with E-state index >= 15 is 0 Å². The lowest BCUT2D eigenvalue weighted by Gasteiger charge is -2.47. The summed E-state index contributed by atoms with van der Waals surface area (Å²) >= 11 is 0. The number of morpholine rings is 1. The van der Waals surface area contributed by atoms with E-state index in [0.29, 0.717) is 13.2 Å². The van der Waals surface area contributed by atoms with Gasteiger partial charge in [-0.2, -0.15) is 0 Å². The van der Waals surface area contributed by atoms with E-state index in [1.165, 1.54) is 0 Å². The Hall–Kier alpha value is -1.10. The highest BCUT2D eigenvalue weighted by atomic mass is 16.5. The fourth-order valence-electron chi connectivity index (χ4n) is 3.16. The maximum atomic E-state index is 6.09. The Morgan fingerprint density at radius 1 is 1.19 bits per heavy atom. The predicted octanol–water partition coefficient (Wildman–Crippen LogP) is 2.41. The summed E-state index contributed by atoms with van der Waals surface area (Å²) < 4.78 is 11.9. The minimum atomic E-state index is -0.110. The number of hydrogen-bond donors (Lipinski definition) is 1. The van der Waals surface area contributed by atoms with Crippen LogP contribution in [-0.2, 0) is 11.3 Å². The Balaban J connectivity index is 1.85. The van der Waals surface area contributed by atoms with Crippen molar-refractivity contribution in [2.75, 3.05) is 26.2 Å². The molecule has 4 nitrogen and oxygen atoms in total. The Morgan fingerprint density at radius 3 is 2.48 bits per heavy atom. The molecule has 0 spiro atoms. The van der Waals surface area contributed by atoms with Crippen LogP contribution in [0.4, 0.5) is 0 Å². The highest BCUT2D eigenvalue weighted by Crippen LogP contribution is 2.27. The monoisotopic (exact) mass is 292 g/mol. The summed E-state index contributed by atoms with van der Waals surface area (Å²) in [6.07, 6.45) is 0. The summed E-state index contributed by atoms with van der Waals surface area (Å²) in [6.45, 7) is 12.6. The number of hydrogen-bond acceptors (Lipinski definition) is 4. The van der Waals surface area contributed by atoms with Gasteiger partial charge < -0.3 is 15.2 Å². The SMILES string of the molecule is CC1(C)CN(CCOc2cccc(CN)c2)CC(C)(C)O1. The Labute approximate surface area is 128 Å². The number of benzene rings is 1. The van der Waals surface area contributed by atoms with Gasteiger partial charge in [-0.25, -0.2) is 0 Å². The molecule has 0 radical (unpaired) electrons. The van der Waals surface area contributed by atoms with E-state index in [2.05, 4.69) is 32.6 Å². The molecule has 4 heteroatoms. The van der Waals surface area contributed by atoms with Gasteiger partial charge in [0, 0.05) is 26.2 Å². The molecule has 1 aliphatic heterocycles. The van der Waals surface area contributed by atoms with Gasteiger partial charge in [-0.3, -0.25) is 4.90 Å². The second-order valence-corrected chi connectivity index (χ2v) is 7.03. The molecular weight excluding hydrogens is 264 g/mol. The van der Waals surface area contributed by atoms with Gasteiger partial charge in [0.25, 0.3) is 0 Å². The quantitative estimate of drug-likeness (QED) is 0.905. The zero-order valence-electron chi connectivity index (χ0n) is 13.7. The van der Waals surface area contributed by atoms with Crippen LogP contribution < -0.4 is 10.5 Å². The molecular formula is C17H28N2O2. The van der Waals surface area contributed by atoms with E-state index in [0.717, 1.165) is 30.9 Å². The molecule has 118 valence electrons. The smallest absolute Gasteiger partial charge is 0.119 e. The minimum absolute atomic E-state index is 0.110. The largest absolute Gasteiger partial charge is 0.492 e. The van der Waals surface area contributed by atoms with Gasteiger partial charge in [0.05, 0.1) is 11.2 Å². The zero-order valence-corrected chi connectivity index (χ0v) is 13.7. The summed E-state index contributed by atoms with van der Waals surface area (Å²) in [5.74, 6) is 0.893. The van der Waals surface area contributed by atoms with Crippen molar-refractivity contribution < 1.29 is 9.47 Å². The lowest BCUT2D eigenvalue weighted by molar-refractivity contribution is -0.181. The Bertz CT molecular complexity index is 456. The minimum Gasteiger partial charge on any atom is -0.492 e. The molecule has 1 aliphatic rings. The van der Waals surface area contributed by atoms with Crippen molar-refractivity contribution in [2.45, 2.75) is 45.4 Å². The molecule has 0 bridgehead atoms. The van der Waals surface area contributed by atoms with Gasteiger partial charge >= 0.3 is 0 Å². The fraction of sp³-hybridized carbons (Fsp3) is 0.647. The van der Waals surface area contributed by atoms with Gasteiger partial charge in [-0.15, -0.1) is 0 Å². The van der Waals surface area contributed by atoms with E-state index in [-0.39, 0.29) is 11.2 Å². The highest BCUT2D eigenvalue weighted by molar-refractivity contribution is 5.28. The van der Waals surface area contributed by atoms with Crippen molar-refractivity contribution in [1.29, 1.82) is 0 Å². The number of nitrogens with zero attached hydrogens (tertiary/aromatic N) is 1. The standard InChI is InChI=1S/C17H28N2O2/c1-16(2)12-19(13-17(3,4)21-16)8-9-20-15-7-5-6-14(10-15)11-18/h5-7,10H,8-9,11-13,18H2,1-4H3. The van der Waals surface area contributed by atoms with Crippen molar-refractivity contribution in [3.63, 3.8) is 0 Å². The molecule has 0 saturated carbocycles. The normalized spacial score (nSPS) is 21.2. The van der Waals surface area contributed by atoms with Crippen molar-refractivity contribution in [2.24, 2.45) is 5.73 Å². The van der Waals surface area contributed by atoms with E-state index in [4.69, 9.17) is 15.2 Å². The van der Waals surface area contributed by atoms with Crippen LogP contribution in [0.25, 0.3) is 0 Å². The van der Waals surface area contributed by atoms with Crippen LogP contribution in [0, 0.1) is 0 Å². The highest BCUT2D eigenvalue weighted by Gasteiger charge is 2.37. The van der Waals surface area contributed by atoms with Crippen LogP contribution >= 0.6 is 0 Å². The first kappa shape index (κ1) is 16.3. The summed E-state index contributed by atoms with van der Waals surface area (Å²) in [5, 5.41) is 0. The molecule has 2 rings (SSSR count). The lowest BCUT2D eigenvalue weighted by Crippen LogP contribution is -2.57. The van der Waals surface area contributed by atoms with Crippen molar-refractivity contribution in [3.8, 4) is 5.75 Å². The summed E-state index contributed by atoms with van der Waals surface area (Å²) in [6, 6.07) is 7.98. The molecule has 0 atom stereocenters. The third-order valence-electron chi connectivity index (χ3n) is 3.57. The molecule has 1 aromatic rings. The van der Waals surface area contributed by atoms with Gasteiger partial charge in [0.2, 0.25) is 0 Å². The second-order valence-electron chi connectivity index (χ2n) is 7.03. The topological polar surface area (TPSA) is 47.7 Å². The summed E-state index contributed by atoms with van der Waals surface area (Å²) in [5.41, 5.74) is 6.52. The molecule has 1 saturated heterocycles. The molecule has 1 heterocycles. The molecule has 0 unspecified atom stereocenters. The zero-order chi connectivity index (χ0) is 15.5. The van der Waals surface area contributed by atoms with Crippen LogP contribution in [0.15, 0.2) is 24.3 Å². The van der Waals surface area contributed by atoms with E-state index in [1.807, 2.05) is 24.3 Å². The van der Waals surface area contributed by atoms with Crippen LogP contribution in [-0.4, -0.2) is 42.3 Å². The van der Waals surface area contributed by atoms with Gasteiger partial charge in [-0.05, 0) is 45.4 Å². The average Bonchev–Trinajstić information content (AvgIpc) is 2.35. The molecule has 0 aliphatic carbocycles. The molecule has 21 heavy (non-hydrogen) atoms. The van der Waals surface area contributed by atoms with Crippen LogP contribution in [0.1, 0.15) is 33.3 Å². The summed E-state index contributed by atoms with van der Waals surface area (Å²) in [4.78, 5) is 2.41. The molecule has 2 N–H and O–H groups in total. The van der Waals surface area contributed by atoms with E-state index < -0.39 is 0 Å². The summed E-state index contributed by atoms with van der Waals surface area (Å²) in [7, 11) is 0. The van der Waals surface area contributed by atoms with Crippen LogP contribution in [0.2, 0.25) is 0 Å². The van der Waals surface area contributed by atoms with Gasteiger partial charge in [0.15, 0.2) is 0 Å². The van der Waals surface area contributed by atoms with Gasteiger partial charge in [-0.1, -0.05) is 12.1 Å². The first-order valence-electron chi connectivity index (χ1n) is 7.64. The molecule has 0 amide bonds. The number of nitrogens with two attached hydrogens (primary N) is 1. The van der Waals surface area contributed by atoms with Crippen LogP contribution in [0.5, 0.6) is 5.75 Å². The van der Waals surface area contributed by atoms with Crippen molar-refractivity contribution >= 4 is 0 Å². The average molecular weight is 292 g/mol. The molecule has 1 fully saturated rings. The maximum absolute atomic E-state index is 6.09. The van der Waals surface area contributed by atoms with E-state index in [1.54, 1.807) is 0 Å². The molecule has 1 aromatic carbocycles. The van der Waals surface area contributed by atoms with Gasteiger partial charge in [0.1, 0.15) is 12.4 Å². The first-order chi connectivity index (χ1) is 9.80. The molecule has 0 aromatic heterocycles. The first-order valence-corrected chi connectivity index (χ1v) is 7.64. The maximum Gasteiger partial charge on any atom is 0.119 e.